The van der Waals surface area contributed by atoms with E-state index in [0.717, 1.165) is 93.3 Å². The normalized spacial score (nSPS) is 18.8. The summed E-state index contributed by atoms with van der Waals surface area (Å²) in [6.07, 6.45) is 10.8. The molecule has 113 heavy (non-hydrogen) atoms. The number of rotatable bonds is 19. The van der Waals surface area contributed by atoms with Gasteiger partial charge in [-0.3, -0.25) is 46.9 Å². The van der Waals surface area contributed by atoms with Crippen molar-refractivity contribution in [1.29, 1.82) is 0 Å². The number of carbonyl (C=O) groups is 6. The number of hydrogen-bond acceptors (Lipinski definition) is 17. The molecule has 0 bridgehead atoms. The van der Waals surface area contributed by atoms with Crippen LogP contribution in [0.15, 0.2) is 135 Å². The Hall–Kier alpha value is -11.2. The van der Waals surface area contributed by atoms with Crippen LogP contribution in [-0.4, -0.2) is 130 Å². The summed E-state index contributed by atoms with van der Waals surface area (Å²) < 4.78 is 134. The van der Waals surface area contributed by atoms with E-state index in [2.05, 4.69) is 65.5 Å². The van der Waals surface area contributed by atoms with Crippen molar-refractivity contribution in [3.8, 4) is 33.8 Å². The average Bonchev–Trinajstić information content (AvgIpc) is 1.55. The second kappa shape index (κ2) is 29.7. The number of ether oxygens (including phenoxy) is 2. The molecule has 5 amide bonds. The van der Waals surface area contributed by atoms with E-state index in [0.29, 0.717) is 42.6 Å². The fourth-order valence-corrected chi connectivity index (χ4v) is 14.1. The molecule has 0 radical (unpaired) electrons. The first-order valence-electron chi connectivity index (χ1n) is 34.8. The Morgan fingerprint density at radius 3 is 1.22 bits per heavy atom. The zero-order valence-corrected chi connectivity index (χ0v) is 62.5. The highest BCUT2D eigenvalue weighted by molar-refractivity contribution is 6.36. The largest absolute Gasteiger partial charge is 0.573 e. The number of fused-ring (bicyclic) bond motifs is 2. The first-order chi connectivity index (χ1) is 53.7. The highest BCUT2D eigenvalue weighted by Gasteiger charge is 2.59. The molecule has 590 valence electrons. The number of nitrogens with one attached hydrogen (secondary N) is 3. The van der Waals surface area contributed by atoms with Crippen molar-refractivity contribution in [2.45, 2.75) is 124 Å². The molecular formula is C73H63Cl4F9N18O9. The van der Waals surface area contributed by atoms with Gasteiger partial charge in [0.15, 0.2) is 17.5 Å². The van der Waals surface area contributed by atoms with Crippen molar-refractivity contribution in [1.82, 2.24) is 74.5 Å². The lowest BCUT2D eigenvalue weighted by Gasteiger charge is -2.27. The molecule has 4 fully saturated rings. The molecule has 0 saturated heterocycles. The van der Waals surface area contributed by atoms with E-state index in [1.54, 1.807) is 41.2 Å². The van der Waals surface area contributed by atoms with Gasteiger partial charge in [-0.25, -0.2) is 53.3 Å². The van der Waals surface area contributed by atoms with Crippen LogP contribution in [0.1, 0.15) is 110 Å². The third-order valence-corrected chi connectivity index (χ3v) is 20.8. The maximum atomic E-state index is 14.4. The van der Waals surface area contributed by atoms with Crippen molar-refractivity contribution < 1.29 is 84.2 Å². The molecule has 2 atom stereocenters. The number of amides is 5. The van der Waals surface area contributed by atoms with Crippen LogP contribution >= 0.6 is 46.4 Å². The third-order valence-electron chi connectivity index (χ3n) is 19.7. The maximum absolute atomic E-state index is 14.4. The van der Waals surface area contributed by atoms with E-state index in [1.807, 2.05) is 31.8 Å². The maximum Gasteiger partial charge on any atom is 0.573 e. The van der Waals surface area contributed by atoms with E-state index in [-0.39, 0.29) is 86.0 Å². The molecule has 4 saturated carbocycles. The van der Waals surface area contributed by atoms with Gasteiger partial charge in [0.05, 0.1) is 70.3 Å². The van der Waals surface area contributed by atoms with Crippen LogP contribution in [0.25, 0.3) is 22.3 Å². The quantitative estimate of drug-likeness (QED) is 0.0371. The van der Waals surface area contributed by atoms with Crippen molar-refractivity contribution >= 4 is 105 Å². The monoisotopic (exact) mass is 1650 g/mol. The molecule has 8 heterocycles. The Balaban J connectivity index is 0.000000166. The molecule has 16 rings (SSSR count). The number of hydrogen-bond donors (Lipinski definition) is 5. The zero-order chi connectivity index (χ0) is 82.2. The number of imidazole rings is 2. The van der Waals surface area contributed by atoms with E-state index in [4.69, 9.17) is 53.5 Å². The van der Waals surface area contributed by atoms with E-state index >= 15 is 0 Å². The van der Waals surface area contributed by atoms with E-state index < -0.39 is 106 Å². The summed E-state index contributed by atoms with van der Waals surface area (Å²) in [4.78, 5) is 110. The van der Waals surface area contributed by atoms with Crippen molar-refractivity contribution in [2.75, 3.05) is 17.0 Å². The van der Waals surface area contributed by atoms with Gasteiger partial charge >= 0.3 is 18.7 Å². The summed E-state index contributed by atoms with van der Waals surface area (Å²) in [5.74, 6) is -6.05. The Morgan fingerprint density at radius 1 is 0.540 bits per heavy atom. The number of carboxylic acids is 1. The van der Waals surface area contributed by atoms with E-state index in [1.165, 1.54) is 65.6 Å². The van der Waals surface area contributed by atoms with Crippen LogP contribution in [0.5, 0.6) is 11.5 Å². The van der Waals surface area contributed by atoms with Crippen LogP contribution < -0.4 is 41.0 Å². The van der Waals surface area contributed by atoms with Gasteiger partial charge in [-0.2, -0.15) is 10.2 Å². The van der Waals surface area contributed by atoms with Gasteiger partial charge in [-0.05, 0) is 125 Å². The minimum atomic E-state index is -4.91. The summed E-state index contributed by atoms with van der Waals surface area (Å²) >= 11 is 24.1. The Labute approximate surface area is 655 Å². The number of halogens is 13. The molecule has 6 aliphatic rings. The number of carbonyl (C=O) groups excluding carboxylic acids is 5. The van der Waals surface area contributed by atoms with Crippen LogP contribution in [0.2, 0.25) is 20.1 Å². The van der Waals surface area contributed by atoms with Gasteiger partial charge in [-0.1, -0.05) is 70.7 Å². The minimum Gasteiger partial charge on any atom is -0.480 e. The minimum absolute atomic E-state index is 0.0356. The molecule has 6 N–H and O–H groups in total. The summed E-state index contributed by atoms with van der Waals surface area (Å²) in [7, 11) is 2.69. The Morgan fingerprint density at radius 2 is 0.903 bits per heavy atom. The molecule has 0 spiro atoms. The highest BCUT2D eigenvalue weighted by atomic mass is 35.5. The highest BCUT2D eigenvalue weighted by Crippen LogP contribution is 2.50. The molecule has 6 aromatic heterocycles. The number of aryl methyl sites for hydroxylation is 2. The predicted molar refractivity (Wildman–Crippen MR) is 389 cm³/mol. The van der Waals surface area contributed by atoms with Crippen LogP contribution in [0.3, 0.4) is 0 Å². The number of aliphatic carboxylic acids is 1. The molecule has 4 aliphatic carbocycles. The number of nitrogens with zero attached hydrogens (tertiary/aromatic N) is 14. The SMILES string of the molecule is C[C@@]1(Cc2ccc(OC(F)(F)F)cc2)C(=O)N(c2cc(Cl)c(F)c(Cl)c2)c2ncc(C(=O)NC3(C(=O)O)CC3)n21.Cn1cc(-c2cnc(C3(N)CC3)nc2)cn1.Cn1cc(-c2cnc(C3(NC(=O)C4(NC(=O)c5cnc6n5[C@](C)(Cc5ccc(OC(F)(F)F)cc5)C(=O)N6c5cc(Cl)c(F)c(Cl)c5)CC4)CC3)nc2)cn1.[2H]CF. The number of nitrogens with two attached hydrogens (primary N) is 1. The molecule has 10 aromatic rings. The lowest BCUT2D eigenvalue weighted by atomic mass is 9.91. The standard InChI is InChI=1S/C36H29Cl2F4N9O4.C25H18Cl2F4N4O5.C11H13N5.CH3F/c1-33(13-19-3-5-23(6-4-19)55-36(40,41)42)31(54)50(22-11-24(37)27(39)25(38)12-22)32-45-17-26(51(32)33)28(52)47-35(9-10-35)30(53)48-34(7-8-34)29-43-14-20(15-44-29)21-16-46-49(2)18-21;1-23(10-12-2-4-14(5-3-12)40-25(29,30)31)20(37)34(13-8-15(26)18(28)16(27)9-13)22-32-11-17(35(22)23)19(36)33-24(6-7-24)21(38)39;1-16-7-9(6-15-16)8-4-13-10(14-5-8)11(12)2-3-11;1-2/h3-6,11-12,14-18H,7-10,13H2,1-2H3,(H,47,52)(H,48,53);2-5,8-9,11H,6-7,10H2,1H3,(H,33,36)(H,38,39);4-7H,2-3,12H2,1H3;1H3/t33-;23-;;/m11../s1/i;;;1D. The number of carboxylic acid groups (broad SMARTS) is 1. The summed E-state index contributed by atoms with van der Waals surface area (Å²) in [5, 5.41) is 24.7. The van der Waals surface area contributed by atoms with Crippen LogP contribution in [-0.2, 0) is 68.3 Å². The molecular weight excluding hydrogens is 1590 g/mol. The molecule has 40 heteroatoms. The van der Waals surface area contributed by atoms with Gasteiger partial charge < -0.3 is 36.3 Å². The number of anilines is 4. The first-order valence-corrected chi connectivity index (χ1v) is 35.6. The molecule has 27 nitrogen and oxygen atoms in total. The number of benzene rings is 4. The Bertz CT molecular complexity index is 5380. The fourth-order valence-electron chi connectivity index (χ4n) is 13.1. The van der Waals surface area contributed by atoms with Crippen molar-refractivity contribution in [2.24, 2.45) is 19.8 Å². The van der Waals surface area contributed by atoms with Crippen LogP contribution in [0, 0.1) is 11.6 Å². The Kier molecular flexibility index (Phi) is 20.6. The lowest BCUT2D eigenvalue weighted by Crippen LogP contribution is -2.52. The summed E-state index contributed by atoms with van der Waals surface area (Å²) in [6, 6.07) is 14.4. The molecule has 0 unspecified atom stereocenters. The zero-order valence-electron chi connectivity index (χ0n) is 60.4. The third kappa shape index (κ3) is 16.0. The summed E-state index contributed by atoms with van der Waals surface area (Å²) in [6.45, 7) is 3.01. The topological polar surface area (TPSA) is 333 Å². The van der Waals surface area contributed by atoms with Gasteiger partial charge in [0.1, 0.15) is 56.4 Å². The second-order valence-electron chi connectivity index (χ2n) is 28.0. The first kappa shape index (κ1) is 78.5. The van der Waals surface area contributed by atoms with E-state index in [9.17, 15) is 73.4 Å². The fraction of sp³-hybridized carbons (Fsp3) is 0.315. The lowest BCUT2D eigenvalue weighted by molar-refractivity contribution is -0.275. The molecule has 2 aliphatic heterocycles. The van der Waals surface area contributed by atoms with Gasteiger partial charge in [0, 0.05) is 86.4 Å². The van der Waals surface area contributed by atoms with Crippen molar-refractivity contribution in [3.05, 3.63) is 201 Å². The van der Waals surface area contributed by atoms with Crippen LogP contribution in [0.4, 0.5) is 62.8 Å². The smallest absolute Gasteiger partial charge is 0.480 e. The summed E-state index contributed by atoms with van der Waals surface area (Å²) in [5.41, 5.74) is 3.34. The average molecular weight is 1650 g/mol. The molecule has 4 aromatic carbocycles. The predicted octanol–water partition coefficient (Wildman–Crippen LogP) is 12.7. The van der Waals surface area contributed by atoms with Crippen molar-refractivity contribution in [3.63, 3.8) is 0 Å². The number of aromatic nitrogens is 12. The second-order valence-corrected chi connectivity index (χ2v) is 29.7. The van der Waals surface area contributed by atoms with Gasteiger partial charge in [-0.15, -0.1) is 26.3 Å². The van der Waals surface area contributed by atoms with Gasteiger partial charge in [0.25, 0.3) is 23.6 Å². The van der Waals surface area contributed by atoms with Gasteiger partial charge in [0.2, 0.25) is 17.8 Å². The number of alkyl halides is 7.